The van der Waals surface area contributed by atoms with Crippen molar-refractivity contribution in [3.05, 3.63) is 42.0 Å². The minimum absolute atomic E-state index is 0.332. The highest BCUT2D eigenvalue weighted by Gasteiger charge is 2.17. The summed E-state index contributed by atoms with van der Waals surface area (Å²) in [7, 11) is 0. The predicted octanol–water partition coefficient (Wildman–Crippen LogP) is 2.40. The van der Waals surface area contributed by atoms with Crippen LogP contribution < -0.4 is 0 Å². The molecule has 0 bridgehead atoms. The fraction of sp³-hybridized carbons (Fsp3) is 0.467. The average molecular weight is 231 g/mol. The van der Waals surface area contributed by atoms with Crippen LogP contribution >= 0.6 is 0 Å². The molecule has 92 valence electrons. The van der Waals surface area contributed by atoms with Gasteiger partial charge in [-0.2, -0.15) is 0 Å². The van der Waals surface area contributed by atoms with Gasteiger partial charge in [0.15, 0.2) is 0 Å². The minimum Gasteiger partial charge on any atom is -0.396 e. The van der Waals surface area contributed by atoms with E-state index in [1.807, 2.05) is 6.07 Å². The first-order chi connectivity index (χ1) is 8.38. The van der Waals surface area contributed by atoms with Gasteiger partial charge in [0.1, 0.15) is 0 Å². The summed E-state index contributed by atoms with van der Waals surface area (Å²) < 4.78 is 0. The molecule has 2 nitrogen and oxygen atoms in total. The minimum atomic E-state index is 0.332. The van der Waals surface area contributed by atoms with Crippen molar-refractivity contribution in [2.75, 3.05) is 26.2 Å². The Labute approximate surface area is 104 Å². The van der Waals surface area contributed by atoms with Gasteiger partial charge in [-0.15, -0.1) is 0 Å². The maximum absolute atomic E-state index is 9.17. The first-order valence-corrected chi connectivity index (χ1v) is 6.43. The molecule has 1 heterocycles. The van der Waals surface area contributed by atoms with Crippen molar-refractivity contribution in [1.29, 1.82) is 0 Å². The van der Waals surface area contributed by atoms with Crippen molar-refractivity contribution in [2.45, 2.75) is 12.8 Å². The molecule has 1 saturated heterocycles. The van der Waals surface area contributed by atoms with Crippen molar-refractivity contribution in [2.24, 2.45) is 5.92 Å². The Morgan fingerprint density at radius 1 is 1.29 bits per heavy atom. The van der Waals surface area contributed by atoms with Crippen molar-refractivity contribution >= 4 is 6.08 Å². The SMILES string of the molecule is OC[C@@H]1CCCN(C/C=C/c2ccccc2)C1. The number of nitrogens with zero attached hydrogens (tertiary/aromatic N) is 1. The Hall–Kier alpha value is -1.12. The number of hydrogen-bond acceptors (Lipinski definition) is 2. The number of aliphatic hydroxyl groups is 1. The number of aliphatic hydroxyl groups excluding tert-OH is 1. The van der Waals surface area contributed by atoms with Gasteiger partial charge in [0.2, 0.25) is 0 Å². The maximum Gasteiger partial charge on any atom is 0.0471 e. The molecule has 0 spiro atoms. The Kier molecular flexibility index (Phi) is 4.77. The molecule has 1 aliphatic rings. The van der Waals surface area contributed by atoms with Gasteiger partial charge in [-0.25, -0.2) is 0 Å². The van der Waals surface area contributed by atoms with Crippen molar-refractivity contribution in [1.82, 2.24) is 4.90 Å². The van der Waals surface area contributed by atoms with Gasteiger partial charge >= 0.3 is 0 Å². The highest BCUT2D eigenvalue weighted by Crippen LogP contribution is 2.15. The second-order valence-electron chi connectivity index (χ2n) is 4.76. The van der Waals surface area contributed by atoms with Crippen LogP contribution in [-0.4, -0.2) is 36.2 Å². The second kappa shape index (κ2) is 6.58. The molecule has 0 radical (unpaired) electrons. The van der Waals surface area contributed by atoms with Crippen molar-refractivity contribution in [3.63, 3.8) is 0 Å². The summed E-state index contributed by atoms with van der Waals surface area (Å²) in [4.78, 5) is 2.42. The van der Waals surface area contributed by atoms with Crippen LogP contribution in [0.2, 0.25) is 0 Å². The van der Waals surface area contributed by atoms with Gasteiger partial charge < -0.3 is 5.11 Å². The molecular formula is C15H21NO. The summed E-state index contributed by atoms with van der Waals surface area (Å²) in [6.45, 7) is 3.52. The Balaban J connectivity index is 1.80. The lowest BCUT2D eigenvalue weighted by molar-refractivity contribution is 0.129. The lowest BCUT2D eigenvalue weighted by atomic mass is 9.99. The van der Waals surface area contributed by atoms with Crippen LogP contribution in [0.4, 0.5) is 0 Å². The molecule has 2 rings (SSSR count). The van der Waals surface area contributed by atoms with Crippen LogP contribution in [-0.2, 0) is 0 Å². The van der Waals surface area contributed by atoms with E-state index in [1.165, 1.54) is 18.4 Å². The molecule has 0 amide bonds. The van der Waals surface area contributed by atoms with Gasteiger partial charge in [-0.05, 0) is 30.9 Å². The molecule has 0 aliphatic carbocycles. The van der Waals surface area contributed by atoms with Gasteiger partial charge in [0.05, 0.1) is 0 Å². The fourth-order valence-corrected chi connectivity index (χ4v) is 2.37. The third-order valence-electron chi connectivity index (χ3n) is 3.33. The summed E-state index contributed by atoms with van der Waals surface area (Å²) in [5.41, 5.74) is 1.25. The first kappa shape index (κ1) is 12.3. The van der Waals surface area contributed by atoms with Crippen LogP contribution in [0.1, 0.15) is 18.4 Å². The van der Waals surface area contributed by atoms with Crippen molar-refractivity contribution in [3.8, 4) is 0 Å². The normalized spacial score (nSPS) is 22.1. The van der Waals surface area contributed by atoms with E-state index in [-0.39, 0.29) is 0 Å². The van der Waals surface area contributed by atoms with E-state index in [4.69, 9.17) is 5.11 Å². The van der Waals surface area contributed by atoms with Crippen LogP contribution in [0, 0.1) is 5.92 Å². The third kappa shape index (κ3) is 3.99. The van der Waals surface area contributed by atoms with E-state index in [0.29, 0.717) is 12.5 Å². The van der Waals surface area contributed by atoms with E-state index in [0.717, 1.165) is 19.6 Å². The largest absolute Gasteiger partial charge is 0.396 e. The fourth-order valence-electron chi connectivity index (χ4n) is 2.37. The van der Waals surface area contributed by atoms with Gasteiger partial charge in [-0.3, -0.25) is 4.90 Å². The molecule has 0 unspecified atom stereocenters. The molecule has 2 heteroatoms. The zero-order valence-electron chi connectivity index (χ0n) is 10.3. The highest BCUT2D eigenvalue weighted by molar-refractivity contribution is 5.48. The standard InChI is InChI=1S/C15H21NO/c17-13-15-9-5-11-16(12-15)10-4-8-14-6-2-1-3-7-14/h1-4,6-8,15,17H,5,9-13H2/b8-4+/t15-/m1/s1. The number of rotatable bonds is 4. The van der Waals surface area contributed by atoms with E-state index in [9.17, 15) is 0 Å². The molecule has 1 N–H and O–H groups in total. The highest BCUT2D eigenvalue weighted by atomic mass is 16.3. The molecule has 1 aliphatic heterocycles. The number of likely N-dealkylation sites (tertiary alicyclic amines) is 1. The van der Waals surface area contributed by atoms with Crippen LogP contribution in [0.15, 0.2) is 36.4 Å². The van der Waals surface area contributed by atoms with Crippen molar-refractivity contribution < 1.29 is 5.11 Å². The molecular weight excluding hydrogens is 210 g/mol. The van der Waals surface area contributed by atoms with E-state index in [1.54, 1.807) is 0 Å². The smallest absolute Gasteiger partial charge is 0.0471 e. The number of hydrogen-bond donors (Lipinski definition) is 1. The van der Waals surface area contributed by atoms with E-state index in [2.05, 4.69) is 41.3 Å². The summed E-state index contributed by atoms with van der Waals surface area (Å²) in [5, 5.41) is 9.17. The molecule has 17 heavy (non-hydrogen) atoms. The van der Waals surface area contributed by atoms with Crippen LogP contribution in [0.3, 0.4) is 0 Å². The summed E-state index contributed by atoms with van der Waals surface area (Å²) >= 11 is 0. The topological polar surface area (TPSA) is 23.5 Å². The molecule has 1 aromatic carbocycles. The first-order valence-electron chi connectivity index (χ1n) is 6.43. The summed E-state index contributed by atoms with van der Waals surface area (Å²) in [5.74, 6) is 0.480. The quantitative estimate of drug-likeness (QED) is 0.860. The van der Waals surface area contributed by atoms with Crippen LogP contribution in [0.5, 0.6) is 0 Å². The average Bonchev–Trinajstić information content (AvgIpc) is 2.40. The van der Waals surface area contributed by atoms with Gasteiger partial charge in [0.25, 0.3) is 0 Å². The van der Waals surface area contributed by atoms with Crippen LogP contribution in [0.25, 0.3) is 6.08 Å². The number of benzene rings is 1. The second-order valence-corrected chi connectivity index (χ2v) is 4.76. The molecule has 1 aromatic rings. The lowest BCUT2D eigenvalue weighted by Crippen LogP contribution is -2.36. The molecule has 0 saturated carbocycles. The zero-order chi connectivity index (χ0) is 11.9. The Bertz CT molecular complexity index is 347. The monoisotopic (exact) mass is 231 g/mol. The summed E-state index contributed by atoms with van der Waals surface area (Å²) in [6, 6.07) is 10.4. The molecule has 1 fully saturated rings. The van der Waals surface area contributed by atoms with Gasteiger partial charge in [-0.1, -0.05) is 42.5 Å². The third-order valence-corrected chi connectivity index (χ3v) is 3.33. The maximum atomic E-state index is 9.17. The molecule has 0 aromatic heterocycles. The van der Waals surface area contributed by atoms with E-state index < -0.39 is 0 Å². The predicted molar refractivity (Wildman–Crippen MR) is 71.7 cm³/mol. The summed E-state index contributed by atoms with van der Waals surface area (Å²) in [6.07, 6.45) is 6.78. The zero-order valence-corrected chi connectivity index (χ0v) is 10.3. The van der Waals surface area contributed by atoms with E-state index >= 15 is 0 Å². The Morgan fingerprint density at radius 3 is 2.88 bits per heavy atom. The van der Waals surface area contributed by atoms with Gasteiger partial charge in [0, 0.05) is 19.7 Å². The number of piperidine rings is 1. The molecule has 1 atom stereocenters. The lowest BCUT2D eigenvalue weighted by Gasteiger charge is -2.30. The Morgan fingerprint density at radius 2 is 2.12 bits per heavy atom.